The summed E-state index contributed by atoms with van der Waals surface area (Å²) in [4.78, 5) is 36.2. The second-order valence-electron chi connectivity index (χ2n) is 3.95. The molecule has 1 aromatic carbocycles. The molecule has 1 aromatic rings. The largest absolute Gasteiger partial charge is 0.300 e. The van der Waals surface area contributed by atoms with Crippen LogP contribution in [0.5, 0.6) is 0 Å². The lowest BCUT2D eigenvalue weighted by Crippen LogP contribution is -2.31. The lowest BCUT2D eigenvalue weighted by molar-refractivity contribution is -0.118. The molecule has 0 spiro atoms. The predicted octanol–water partition coefficient (Wildman–Crippen LogP) is 1.65. The van der Waals surface area contributed by atoms with E-state index in [9.17, 15) is 14.4 Å². The number of benzene rings is 1. The third kappa shape index (κ3) is 1.98. The van der Waals surface area contributed by atoms with Crippen molar-refractivity contribution in [3.05, 3.63) is 35.4 Å². The van der Waals surface area contributed by atoms with Gasteiger partial charge in [-0.2, -0.15) is 0 Å². The summed E-state index contributed by atoms with van der Waals surface area (Å²) in [7, 11) is 0. The van der Waals surface area contributed by atoms with Crippen molar-refractivity contribution in [3.63, 3.8) is 0 Å². The fourth-order valence-corrected chi connectivity index (χ4v) is 1.86. The SMILES string of the molecule is CCC(=O)CCN1C(=O)c2ccccc2C1=O. The second-order valence-corrected chi connectivity index (χ2v) is 3.95. The zero-order valence-corrected chi connectivity index (χ0v) is 9.60. The van der Waals surface area contributed by atoms with Crippen LogP contribution in [0.3, 0.4) is 0 Å². The van der Waals surface area contributed by atoms with Crippen molar-refractivity contribution in [1.29, 1.82) is 0 Å². The van der Waals surface area contributed by atoms with Gasteiger partial charge in [-0.3, -0.25) is 19.3 Å². The highest BCUT2D eigenvalue weighted by Crippen LogP contribution is 2.22. The lowest BCUT2D eigenvalue weighted by Gasteiger charge is -2.12. The maximum absolute atomic E-state index is 11.9. The Hall–Kier alpha value is -1.97. The molecule has 0 saturated heterocycles. The van der Waals surface area contributed by atoms with Crippen LogP contribution in [0, 0.1) is 0 Å². The molecule has 2 rings (SSSR count). The molecule has 0 bridgehead atoms. The standard InChI is InChI=1S/C13H13NO3/c1-2-9(15)7-8-14-12(16)10-5-3-4-6-11(10)13(14)17/h3-6H,2,7-8H2,1H3. The molecule has 1 heterocycles. The van der Waals surface area contributed by atoms with Crippen molar-refractivity contribution in [1.82, 2.24) is 4.90 Å². The van der Waals surface area contributed by atoms with Gasteiger partial charge in [-0.25, -0.2) is 0 Å². The summed E-state index contributed by atoms with van der Waals surface area (Å²) in [5.41, 5.74) is 0.864. The van der Waals surface area contributed by atoms with E-state index in [2.05, 4.69) is 0 Å². The highest BCUT2D eigenvalue weighted by Gasteiger charge is 2.34. The molecule has 4 nitrogen and oxygen atoms in total. The topological polar surface area (TPSA) is 54.5 Å². The molecule has 1 aliphatic rings. The summed E-state index contributed by atoms with van der Waals surface area (Å²) in [6.45, 7) is 1.95. The fraction of sp³-hybridized carbons (Fsp3) is 0.308. The van der Waals surface area contributed by atoms with Gasteiger partial charge in [-0.1, -0.05) is 19.1 Å². The number of hydrogen-bond acceptors (Lipinski definition) is 3. The van der Waals surface area contributed by atoms with E-state index < -0.39 is 0 Å². The van der Waals surface area contributed by atoms with Gasteiger partial charge in [0.05, 0.1) is 11.1 Å². The number of ketones is 1. The Morgan fingerprint density at radius 2 is 1.65 bits per heavy atom. The van der Waals surface area contributed by atoms with Crippen molar-refractivity contribution in [2.24, 2.45) is 0 Å². The number of rotatable bonds is 4. The maximum Gasteiger partial charge on any atom is 0.261 e. The first-order valence-electron chi connectivity index (χ1n) is 5.62. The Balaban J connectivity index is 2.16. The van der Waals surface area contributed by atoms with Crippen LogP contribution >= 0.6 is 0 Å². The molecular formula is C13H13NO3. The molecule has 0 aliphatic carbocycles. The van der Waals surface area contributed by atoms with E-state index in [0.717, 1.165) is 4.90 Å². The Morgan fingerprint density at radius 3 is 2.12 bits per heavy atom. The van der Waals surface area contributed by atoms with Crippen LogP contribution in [0.25, 0.3) is 0 Å². The van der Waals surface area contributed by atoms with Gasteiger partial charge in [0.25, 0.3) is 11.8 Å². The van der Waals surface area contributed by atoms with E-state index in [4.69, 9.17) is 0 Å². The first kappa shape index (κ1) is 11.5. The molecule has 4 heteroatoms. The number of imide groups is 1. The van der Waals surface area contributed by atoms with Gasteiger partial charge < -0.3 is 0 Å². The van der Waals surface area contributed by atoms with Crippen molar-refractivity contribution >= 4 is 17.6 Å². The Bertz CT molecular complexity index is 458. The minimum atomic E-state index is -0.297. The van der Waals surface area contributed by atoms with Gasteiger partial charge in [-0.15, -0.1) is 0 Å². The molecule has 0 fully saturated rings. The zero-order chi connectivity index (χ0) is 12.4. The van der Waals surface area contributed by atoms with Crippen LogP contribution < -0.4 is 0 Å². The number of carbonyl (C=O) groups excluding carboxylic acids is 3. The second kappa shape index (κ2) is 4.49. The summed E-state index contributed by atoms with van der Waals surface area (Å²) >= 11 is 0. The molecule has 0 aromatic heterocycles. The molecule has 0 N–H and O–H groups in total. The number of hydrogen-bond donors (Lipinski definition) is 0. The first-order chi connectivity index (χ1) is 8.15. The minimum absolute atomic E-state index is 0.0570. The van der Waals surface area contributed by atoms with E-state index in [1.54, 1.807) is 31.2 Å². The van der Waals surface area contributed by atoms with Gasteiger partial charge in [0.1, 0.15) is 5.78 Å². The van der Waals surface area contributed by atoms with Gasteiger partial charge >= 0.3 is 0 Å². The van der Waals surface area contributed by atoms with E-state index in [1.807, 2.05) is 0 Å². The molecule has 0 radical (unpaired) electrons. The molecule has 0 unspecified atom stereocenters. The average molecular weight is 231 g/mol. The molecule has 0 atom stereocenters. The Morgan fingerprint density at radius 1 is 1.12 bits per heavy atom. The lowest BCUT2D eigenvalue weighted by atomic mass is 10.1. The number of fused-ring (bicyclic) bond motifs is 1. The number of amides is 2. The highest BCUT2D eigenvalue weighted by atomic mass is 16.2. The molecule has 88 valence electrons. The average Bonchev–Trinajstić information content (AvgIpc) is 2.60. The maximum atomic E-state index is 11.9. The van der Waals surface area contributed by atoms with Crippen molar-refractivity contribution in [2.75, 3.05) is 6.54 Å². The normalized spacial score (nSPS) is 14.1. The third-order valence-corrected chi connectivity index (χ3v) is 2.89. The zero-order valence-electron chi connectivity index (χ0n) is 9.60. The van der Waals surface area contributed by atoms with E-state index in [1.165, 1.54) is 0 Å². The first-order valence-corrected chi connectivity index (χ1v) is 5.62. The predicted molar refractivity (Wildman–Crippen MR) is 61.7 cm³/mol. The number of Topliss-reactive ketones (excluding diaryl/α,β-unsaturated/α-hetero) is 1. The van der Waals surface area contributed by atoms with E-state index in [-0.39, 0.29) is 30.6 Å². The van der Waals surface area contributed by atoms with Crippen molar-refractivity contribution in [3.8, 4) is 0 Å². The van der Waals surface area contributed by atoms with Crippen LogP contribution in [0.1, 0.15) is 40.5 Å². The van der Waals surface area contributed by atoms with E-state index >= 15 is 0 Å². The fourth-order valence-electron chi connectivity index (χ4n) is 1.86. The van der Waals surface area contributed by atoms with Crippen molar-refractivity contribution < 1.29 is 14.4 Å². The van der Waals surface area contributed by atoms with Gasteiger partial charge in [0, 0.05) is 19.4 Å². The molecule has 17 heavy (non-hydrogen) atoms. The molecule has 0 saturated carbocycles. The van der Waals surface area contributed by atoms with Gasteiger partial charge in [0.2, 0.25) is 0 Å². The third-order valence-electron chi connectivity index (χ3n) is 2.89. The summed E-state index contributed by atoms with van der Waals surface area (Å²) in [6.07, 6.45) is 0.672. The van der Waals surface area contributed by atoms with E-state index in [0.29, 0.717) is 17.5 Å². The van der Waals surface area contributed by atoms with Gasteiger partial charge in [0.15, 0.2) is 0 Å². The molecule has 1 aliphatic heterocycles. The number of carbonyl (C=O) groups is 3. The highest BCUT2D eigenvalue weighted by molar-refractivity contribution is 6.21. The van der Waals surface area contributed by atoms with Crippen molar-refractivity contribution in [2.45, 2.75) is 19.8 Å². The number of nitrogens with zero attached hydrogens (tertiary/aromatic N) is 1. The molecule has 2 amide bonds. The monoisotopic (exact) mass is 231 g/mol. The Labute approximate surface area is 99.2 Å². The van der Waals surface area contributed by atoms with Crippen LogP contribution in [-0.2, 0) is 4.79 Å². The quantitative estimate of drug-likeness (QED) is 0.740. The Kier molecular flexibility index (Phi) is 3.04. The van der Waals surface area contributed by atoms with Crippen LogP contribution in [0.2, 0.25) is 0 Å². The summed E-state index contributed by atoms with van der Waals surface area (Å²) in [5.74, 6) is -0.537. The molecular weight excluding hydrogens is 218 g/mol. The van der Waals surface area contributed by atoms with Crippen LogP contribution in [0.4, 0.5) is 0 Å². The summed E-state index contributed by atoms with van der Waals surface area (Å²) < 4.78 is 0. The summed E-state index contributed by atoms with van der Waals surface area (Å²) in [5, 5.41) is 0. The van der Waals surface area contributed by atoms with Gasteiger partial charge in [-0.05, 0) is 12.1 Å². The van der Waals surface area contributed by atoms with Crippen LogP contribution in [-0.4, -0.2) is 29.0 Å². The summed E-state index contributed by atoms with van der Waals surface area (Å²) in [6, 6.07) is 6.73. The smallest absolute Gasteiger partial charge is 0.261 e. The minimum Gasteiger partial charge on any atom is -0.300 e. The van der Waals surface area contributed by atoms with Crippen LogP contribution in [0.15, 0.2) is 24.3 Å².